The quantitative estimate of drug-likeness (QED) is 0.388. The molecule has 2 nitrogen and oxygen atoms in total. The van der Waals surface area contributed by atoms with Gasteiger partial charge < -0.3 is 4.74 Å². The zero-order valence-electron chi connectivity index (χ0n) is 12.3. The summed E-state index contributed by atoms with van der Waals surface area (Å²) in [5, 5.41) is 4.19. The van der Waals surface area contributed by atoms with E-state index >= 15 is 0 Å². The number of fused-ring (bicyclic) bond motifs is 2. The van der Waals surface area contributed by atoms with Crippen molar-refractivity contribution in [1.29, 1.82) is 0 Å². The van der Waals surface area contributed by atoms with E-state index in [-0.39, 0.29) is 5.97 Å². The Bertz CT molecular complexity index is 818. The lowest BCUT2D eigenvalue weighted by atomic mass is 9.99. The van der Waals surface area contributed by atoms with Crippen molar-refractivity contribution < 1.29 is 9.53 Å². The molecule has 0 aliphatic rings. The lowest BCUT2D eigenvalue weighted by Crippen LogP contribution is -2.06. The highest BCUT2D eigenvalue weighted by atomic mass is 16.5. The van der Waals surface area contributed by atoms with Crippen LogP contribution in [0.1, 0.15) is 25.8 Å². The van der Waals surface area contributed by atoms with Crippen LogP contribution in [-0.4, -0.2) is 5.97 Å². The normalized spacial score (nSPS) is 11.0. The highest BCUT2D eigenvalue weighted by molar-refractivity contribution is 6.06. The Morgan fingerprint density at radius 1 is 0.952 bits per heavy atom. The molecule has 3 aromatic rings. The number of aryl methyl sites for hydroxylation is 1. The van der Waals surface area contributed by atoms with Gasteiger partial charge in [0.25, 0.3) is 0 Å². The summed E-state index contributed by atoms with van der Waals surface area (Å²) < 4.78 is 5.65. The van der Waals surface area contributed by atoms with Crippen LogP contribution in [0.25, 0.3) is 21.5 Å². The molecule has 0 amide bonds. The summed E-state index contributed by atoms with van der Waals surface area (Å²) in [5.41, 5.74) is 1.24. The predicted octanol–water partition coefficient (Wildman–Crippen LogP) is 4.87. The van der Waals surface area contributed by atoms with E-state index in [9.17, 15) is 4.79 Å². The molecule has 0 aliphatic carbocycles. The van der Waals surface area contributed by atoms with Crippen LogP contribution in [0.15, 0.2) is 48.5 Å². The van der Waals surface area contributed by atoms with Crippen LogP contribution in [0.5, 0.6) is 5.75 Å². The molecule has 3 aromatic carbocycles. The topological polar surface area (TPSA) is 26.3 Å². The highest BCUT2D eigenvalue weighted by Crippen LogP contribution is 2.35. The van der Waals surface area contributed by atoms with Crippen molar-refractivity contribution in [2.24, 2.45) is 0 Å². The number of carbonyl (C=O) groups excluding carboxylic acids is 1. The van der Waals surface area contributed by atoms with Crippen molar-refractivity contribution in [1.82, 2.24) is 0 Å². The second kappa shape index (κ2) is 5.57. The molecule has 0 aliphatic heterocycles. The Balaban J connectivity index is 2.35. The average molecular weight is 278 g/mol. The predicted molar refractivity (Wildman–Crippen MR) is 86.8 cm³/mol. The fourth-order valence-electron chi connectivity index (χ4n) is 2.58. The van der Waals surface area contributed by atoms with Gasteiger partial charge in [-0.3, -0.25) is 4.79 Å². The first-order chi connectivity index (χ1) is 10.2. The van der Waals surface area contributed by atoms with Crippen LogP contribution < -0.4 is 4.74 Å². The minimum absolute atomic E-state index is 0.199. The molecule has 0 spiro atoms. The summed E-state index contributed by atoms with van der Waals surface area (Å²) in [6.45, 7) is 3.94. The molecule has 3 rings (SSSR count). The zero-order chi connectivity index (χ0) is 14.8. The van der Waals surface area contributed by atoms with Gasteiger partial charge in [0.2, 0.25) is 0 Å². The summed E-state index contributed by atoms with van der Waals surface area (Å²) in [6.07, 6.45) is 1.34. The second-order valence-electron chi connectivity index (χ2n) is 5.16. The van der Waals surface area contributed by atoms with Gasteiger partial charge in [-0.25, -0.2) is 0 Å². The Kier molecular flexibility index (Phi) is 3.61. The first-order valence-corrected chi connectivity index (χ1v) is 7.38. The van der Waals surface area contributed by atoms with Crippen molar-refractivity contribution in [2.45, 2.75) is 26.7 Å². The van der Waals surface area contributed by atoms with Crippen LogP contribution in [0.4, 0.5) is 0 Å². The van der Waals surface area contributed by atoms with Gasteiger partial charge in [-0.2, -0.15) is 0 Å². The van der Waals surface area contributed by atoms with E-state index in [1.807, 2.05) is 31.2 Å². The van der Waals surface area contributed by atoms with Gasteiger partial charge in [-0.05, 0) is 34.9 Å². The molecule has 21 heavy (non-hydrogen) atoms. The maximum absolute atomic E-state index is 11.8. The third-order valence-corrected chi connectivity index (χ3v) is 3.79. The molecular formula is C19H18O2. The summed E-state index contributed by atoms with van der Waals surface area (Å²) in [4.78, 5) is 11.8. The molecule has 0 aromatic heterocycles. The Morgan fingerprint density at radius 2 is 1.71 bits per heavy atom. The van der Waals surface area contributed by atoms with E-state index in [2.05, 4.69) is 31.2 Å². The molecule has 0 N–H and O–H groups in total. The molecule has 0 saturated heterocycles. The number of hydrogen-bond acceptors (Lipinski definition) is 2. The van der Waals surface area contributed by atoms with E-state index in [1.165, 1.54) is 5.56 Å². The Hall–Kier alpha value is -2.35. The number of benzene rings is 3. The van der Waals surface area contributed by atoms with Crippen molar-refractivity contribution in [3.8, 4) is 5.75 Å². The molecule has 0 fully saturated rings. The highest BCUT2D eigenvalue weighted by Gasteiger charge is 2.12. The van der Waals surface area contributed by atoms with Crippen LogP contribution >= 0.6 is 0 Å². The van der Waals surface area contributed by atoms with Gasteiger partial charge in [0.05, 0.1) is 0 Å². The minimum atomic E-state index is -0.199. The SMILES string of the molecule is CCC(=O)Oc1c2ccccc2cc2ccc(CC)cc12. The molecular weight excluding hydrogens is 260 g/mol. The first kappa shape index (κ1) is 13.6. The monoisotopic (exact) mass is 278 g/mol. The van der Waals surface area contributed by atoms with Gasteiger partial charge in [0, 0.05) is 17.2 Å². The van der Waals surface area contributed by atoms with Crippen LogP contribution in [0.3, 0.4) is 0 Å². The first-order valence-electron chi connectivity index (χ1n) is 7.38. The average Bonchev–Trinajstić information content (AvgIpc) is 2.54. The van der Waals surface area contributed by atoms with Gasteiger partial charge in [-0.1, -0.05) is 50.2 Å². The number of rotatable bonds is 3. The molecule has 0 unspecified atom stereocenters. The fourth-order valence-corrected chi connectivity index (χ4v) is 2.58. The maximum atomic E-state index is 11.8. The van der Waals surface area contributed by atoms with Gasteiger partial charge in [0.1, 0.15) is 5.75 Å². The number of esters is 1. The number of hydrogen-bond donors (Lipinski definition) is 0. The largest absolute Gasteiger partial charge is 0.425 e. The van der Waals surface area contributed by atoms with E-state index in [1.54, 1.807) is 0 Å². The summed E-state index contributed by atoms with van der Waals surface area (Å²) >= 11 is 0. The number of carbonyl (C=O) groups is 1. The standard InChI is InChI=1S/C19H18O2/c1-3-13-9-10-15-12-14-7-5-6-8-16(14)19(17(15)11-13)21-18(20)4-2/h5-12H,3-4H2,1-2H3. The second-order valence-corrected chi connectivity index (χ2v) is 5.16. The molecule has 0 bridgehead atoms. The molecule has 0 radical (unpaired) electrons. The van der Waals surface area contributed by atoms with Crippen molar-refractivity contribution >= 4 is 27.5 Å². The fraction of sp³-hybridized carbons (Fsp3) is 0.211. The number of ether oxygens (including phenoxy) is 1. The summed E-state index contributed by atoms with van der Waals surface area (Å²) in [6, 6.07) is 16.5. The Labute approximate surface area is 124 Å². The lowest BCUT2D eigenvalue weighted by molar-refractivity contribution is -0.133. The van der Waals surface area contributed by atoms with Crippen molar-refractivity contribution in [2.75, 3.05) is 0 Å². The maximum Gasteiger partial charge on any atom is 0.310 e. The van der Waals surface area contributed by atoms with Gasteiger partial charge in [-0.15, -0.1) is 0 Å². The lowest BCUT2D eigenvalue weighted by Gasteiger charge is -2.12. The molecule has 2 heteroatoms. The van der Waals surface area contributed by atoms with Crippen LogP contribution in [0, 0.1) is 0 Å². The van der Waals surface area contributed by atoms with Crippen molar-refractivity contribution in [3.63, 3.8) is 0 Å². The van der Waals surface area contributed by atoms with Crippen LogP contribution in [-0.2, 0) is 11.2 Å². The van der Waals surface area contributed by atoms with Gasteiger partial charge in [0.15, 0.2) is 0 Å². The van der Waals surface area contributed by atoms with Gasteiger partial charge >= 0.3 is 5.97 Å². The van der Waals surface area contributed by atoms with Crippen LogP contribution in [0.2, 0.25) is 0 Å². The summed E-state index contributed by atoms with van der Waals surface area (Å²) in [7, 11) is 0. The molecule has 0 saturated carbocycles. The summed E-state index contributed by atoms with van der Waals surface area (Å²) in [5.74, 6) is 0.486. The molecule has 106 valence electrons. The smallest absolute Gasteiger partial charge is 0.310 e. The molecule has 0 atom stereocenters. The van der Waals surface area contributed by atoms with E-state index in [4.69, 9.17) is 4.74 Å². The van der Waals surface area contributed by atoms with E-state index in [0.717, 1.165) is 28.0 Å². The minimum Gasteiger partial charge on any atom is -0.425 e. The Morgan fingerprint density at radius 3 is 2.48 bits per heavy atom. The third kappa shape index (κ3) is 2.49. The zero-order valence-corrected chi connectivity index (χ0v) is 12.3. The van der Waals surface area contributed by atoms with E-state index in [0.29, 0.717) is 12.2 Å². The van der Waals surface area contributed by atoms with E-state index < -0.39 is 0 Å². The molecule has 0 heterocycles. The third-order valence-electron chi connectivity index (χ3n) is 3.79. The van der Waals surface area contributed by atoms with Crippen molar-refractivity contribution in [3.05, 3.63) is 54.1 Å².